The van der Waals surface area contributed by atoms with Crippen LogP contribution in [0.3, 0.4) is 0 Å². The Kier molecular flexibility index (Phi) is 4.84. The molecule has 2 aromatic rings. The Labute approximate surface area is 123 Å². The molecule has 108 valence electrons. The molecule has 0 radical (unpaired) electrons. The van der Waals surface area contributed by atoms with E-state index in [-0.39, 0.29) is 0 Å². The summed E-state index contributed by atoms with van der Waals surface area (Å²) < 4.78 is 11.3. The van der Waals surface area contributed by atoms with Gasteiger partial charge >= 0.3 is 0 Å². The van der Waals surface area contributed by atoms with E-state index in [1.54, 1.807) is 7.11 Å². The van der Waals surface area contributed by atoms with Gasteiger partial charge in [-0.2, -0.15) is 0 Å². The van der Waals surface area contributed by atoms with Crippen LogP contribution in [-0.4, -0.2) is 18.7 Å². The van der Waals surface area contributed by atoms with Gasteiger partial charge in [0.25, 0.3) is 0 Å². The van der Waals surface area contributed by atoms with E-state index < -0.39 is 0 Å². The average Bonchev–Trinajstić information content (AvgIpc) is 2.77. The molecule has 0 spiro atoms. The minimum absolute atomic E-state index is 0.567. The highest BCUT2D eigenvalue weighted by atomic mass is 32.1. The standard InChI is InChI=1S/C15H20N2O2S/c1-4-5-9-19-12-8-6-7-11(13(12)18-3)14-10(2)17-15(16)20-14/h6-8H,4-5,9H2,1-3H3,(H2,16,17). The first-order chi connectivity index (χ1) is 9.67. The van der Waals surface area contributed by atoms with Gasteiger partial charge in [0.15, 0.2) is 16.6 Å². The maximum Gasteiger partial charge on any atom is 0.180 e. The summed E-state index contributed by atoms with van der Waals surface area (Å²) in [5, 5.41) is 0.567. The summed E-state index contributed by atoms with van der Waals surface area (Å²) in [5.74, 6) is 1.51. The van der Waals surface area contributed by atoms with Crippen molar-refractivity contribution in [1.29, 1.82) is 0 Å². The number of nitrogens with two attached hydrogens (primary N) is 1. The summed E-state index contributed by atoms with van der Waals surface area (Å²) in [6.45, 7) is 4.78. The van der Waals surface area contributed by atoms with Crippen LogP contribution in [0, 0.1) is 6.92 Å². The van der Waals surface area contributed by atoms with Crippen molar-refractivity contribution >= 4 is 16.5 Å². The maximum atomic E-state index is 5.81. The number of nitrogen functional groups attached to an aromatic ring is 1. The number of hydrogen-bond acceptors (Lipinski definition) is 5. The first-order valence-corrected chi connectivity index (χ1v) is 7.52. The number of aryl methyl sites for hydroxylation is 1. The Hall–Kier alpha value is -1.75. The lowest BCUT2D eigenvalue weighted by Gasteiger charge is -2.13. The lowest BCUT2D eigenvalue weighted by Crippen LogP contribution is -1.99. The Balaban J connectivity index is 2.38. The molecule has 0 aliphatic rings. The van der Waals surface area contributed by atoms with Gasteiger partial charge in [-0.05, 0) is 25.5 Å². The fourth-order valence-corrected chi connectivity index (χ4v) is 2.87. The fourth-order valence-electron chi connectivity index (χ4n) is 2.01. The second-order valence-electron chi connectivity index (χ2n) is 4.51. The highest BCUT2D eigenvalue weighted by Crippen LogP contribution is 2.42. The third-order valence-corrected chi connectivity index (χ3v) is 4.02. The van der Waals surface area contributed by atoms with Gasteiger partial charge in [-0.3, -0.25) is 0 Å². The zero-order valence-corrected chi connectivity index (χ0v) is 12.9. The number of hydrogen-bond donors (Lipinski definition) is 1. The third-order valence-electron chi connectivity index (χ3n) is 3.00. The van der Waals surface area contributed by atoms with Crippen LogP contribution >= 0.6 is 11.3 Å². The zero-order chi connectivity index (χ0) is 14.5. The first-order valence-electron chi connectivity index (χ1n) is 6.70. The highest BCUT2D eigenvalue weighted by molar-refractivity contribution is 7.18. The van der Waals surface area contributed by atoms with Crippen LogP contribution in [0.5, 0.6) is 11.5 Å². The number of anilines is 1. The molecule has 2 N–H and O–H groups in total. The topological polar surface area (TPSA) is 57.4 Å². The van der Waals surface area contributed by atoms with E-state index >= 15 is 0 Å². The summed E-state index contributed by atoms with van der Waals surface area (Å²) in [6.07, 6.45) is 2.13. The number of benzene rings is 1. The molecule has 0 saturated carbocycles. The van der Waals surface area contributed by atoms with Gasteiger partial charge in [-0.1, -0.05) is 30.7 Å². The second-order valence-corrected chi connectivity index (χ2v) is 5.54. The summed E-state index contributed by atoms with van der Waals surface area (Å²) in [7, 11) is 1.66. The fraction of sp³-hybridized carbons (Fsp3) is 0.400. The van der Waals surface area contributed by atoms with E-state index in [9.17, 15) is 0 Å². The predicted octanol–water partition coefficient (Wildman–Crippen LogP) is 3.89. The van der Waals surface area contributed by atoms with E-state index in [1.807, 2.05) is 25.1 Å². The summed E-state index contributed by atoms with van der Waals surface area (Å²) in [4.78, 5) is 5.30. The van der Waals surface area contributed by atoms with Gasteiger partial charge < -0.3 is 15.2 Å². The van der Waals surface area contributed by atoms with Crippen molar-refractivity contribution in [2.24, 2.45) is 0 Å². The number of nitrogens with zero attached hydrogens (tertiary/aromatic N) is 1. The number of para-hydroxylation sites is 1. The molecular formula is C15H20N2O2S. The van der Waals surface area contributed by atoms with Crippen LogP contribution in [-0.2, 0) is 0 Å². The smallest absolute Gasteiger partial charge is 0.180 e. The molecule has 0 bridgehead atoms. The maximum absolute atomic E-state index is 5.81. The largest absolute Gasteiger partial charge is 0.492 e. The molecule has 0 unspecified atom stereocenters. The number of thiazole rings is 1. The van der Waals surface area contributed by atoms with Crippen molar-refractivity contribution in [3.63, 3.8) is 0 Å². The Morgan fingerprint density at radius 2 is 2.15 bits per heavy atom. The number of methoxy groups -OCH3 is 1. The summed E-state index contributed by atoms with van der Waals surface area (Å²) in [5.41, 5.74) is 7.67. The molecule has 20 heavy (non-hydrogen) atoms. The molecule has 5 heteroatoms. The van der Waals surface area contributed by atoms with Gasteiger partial charge in [0.05, 0.1) is 24.3 Å². The van der Waals surface area contributed by atoms with E-state index in [2.05, 4.69) is 11.9 Å². The Bertz CT molecular complexity index is 581. The van der Waals surface area contributed by atoms with Gasteiger partial charge in [0, 0.05) is 5.56 Å². The zero-order valence-electron chi connectivity index (χ0n) is 12.1. The van der Waals surface area contributed by atoms with Gasteiger partial charge in [-0.25, -0.2) is 4.98 Å². The van der Waals surface area contributed by atoms with Gasteiger partial charge in [0.1, 0.15) is 0 Å². The lowest BCUT2D eigenvalue weighted by atomic mass is 10.1. The molecule has 0 fully saturated rings. The number of rotatable bonds is 6. The molecule has 4 nitrogen and oxygen atoms in total. The van der Waals surface area contributed by atoms with Crippen LogP contribution in [0.15, 0.2) is 18.2 Å². The van der Waals surface area contributed by atoms with E-state index in [0.717, 1.165) is 40.5 Å². The average molecular weight is 292 g/mol. The lowest BCUT2D eigenvalue weighted by molar-refractivity contribution is 0.289. The normalized spacial score (nSPS) is 10.6. The monoisotopic (exact) mass is 292 g/mol. The van der Waals surface area contributed by atoms with Crippen LogP contribution < -0.4 is 15.2 Å². The van der Waals surface area contributed by atoms with Crippen molar-refractivity contribution in [2.45, 2.75) is 26.7 Å². The molecule has 1 aromatic carbocycles. The minimum Gasteiger partial charge on any atom is -0.492 e. The molecule has 0 aliphatic carbocycles. The van der Waals surface area contributed by atoms with Crippen LogP contribution in [0.1, 0.15) is 25.5 Å². The molecule has 1 aromatic heterocycles. The van der Waals surface area contributed by atoms with E-state index in [4.69, 9.17) is 15.2 Å². The van der Waals surface area contributed by atoms with Crippen molar-refractivity contribution in [1.82, 2.24) is 4.98 Å². The predicted molar refractivity (Wildman–Crippen MR) is 83.7 cm³/mol. The van der Waals surface area contributed by atoms with Crippen molar-refractivity contribution in [3.8, 4) is 21.9 Å². The number of unbranched alkanes of at least 4 members (excludes halogenated alkanes) is 1. The van der Waals surface area contributed by atoms with E-state index in [0.29, 0.717) is 11.7 Å². The van der Waals surface area contributed by atoms with Crippen molar-refractivity contribution in [3.05, 3.63) is 23.9 Å². The number of ether oxygens (including phenoxy) is 2. The second kappa shape index (κ2) is 6.61. The summed E-state index contributed by atoms with van der Waals surface area (Å²) >= 11 is 1.47. The van der Waals surface area contributed by atoms with Gasteiger partial charge in [-0.15, -0.1) is 0 Å². The Morgan fingerprint density at radius 1 is 1.35 bits per heavy atom. The molecule has 0 atom stereocenters. The Morgan fingerprint density at radius 3 is 2.75 bits per heavy atom. The molecule has 1 heterocycles. The van der Waals surface area contributed by atoms with Crippen LogP contribution in [0.2, 0.25) is 0 Å². The third kappa shape index (κ3) is 3.04. The molecule has 0 aliphatic heterocycles. The highest BCUT2D eigenvalue weighted by Gasteiger charge is 2.16. The molecule has 2 rings (SSSR count). The molecular weight excluding hydrogens is 272 g/mol. The van der Waals surface area contributed by atoms with Crippen LogP contribution in [0.4, 0.5) is 5.13 Å². The molecule has 0 saturated heterocycles. The van der Waals surface area contributed by atoms with Crippen LogP contribution in [0.25, 0.3) is 10.4 Å². The van der Waals surface area contributed by atoms with Crippen molar-refractivity contribution in [2.75, 3.05) is 19.5 Å². The van der Waals surface area contributed by atoms with E-state index in [1.165, 1.54) is 11.3 Å². The van der Waals surface area contributed by atoms with Crippen molar-refractivity contribution < 1.29 is 9.47 Å². The number of aromatic nitrogens is 1. The minimum atomic E-state index is 0.567. The quantitative estimate of drug-likeness (QED) is 0.821. The SMILES string of the molecule is CCCCOc1cccc(-c2sc(N)nc2C)c1OC. The van der Waals surface area contributed by atoms with Gasteiger partial charge in [0.2, 0.25) is 0 Å². The first kappa shape index (κ1) is 14.7. The molecule has 0 amide bonds. The summed E-state index contributed by atoms with van der Waals surface area (Å²) in [6, 6.07) is 5.90.